The van der Waals surface area contributed by atoms with Gasteiger partial charge in [0.15, 0.2) is 0 Å². The molecule has 1 saturated heterocycles. The highest BCUT2D eigenvalue weighted by Crippen LogP contribution is 2.41. The van der Waals surface area contributed by atoms with E-state index in [1.165, 1.54) is 5.56 Å². The molecule has 1 heterocycles. The van der Waals surface area contributed by atoms with Gasteiger partial charge in [-0.2, -0.15) is 0 Å². The minimum atomic E-state index is 0.404. The smallest absolute Gasteiger partial charge is 0.0647 e. The van der Waals surface area contributed by atoms with Crippen molar-refractivity contribution in [2.75, 3.05) is 6.61 Å². The monoisotopic (exact) mass is 217 g/mol. The molecule has 0 radical (unpaired) electrons. The number of hydrogen-bond acceptors (Lipinski definition) is 2. The molecule has 0 amide bonds. The zero-order valence-electron chi connectivity index (χ0n) is 9.51. The number of fused-ring (bicyclic) bond motifs is 1. The second-order valence-corrected chi connectivity index (χ2v) is 5.22. The van der Waals surface area contributed by atoms with Crippen LogP contribution in [0.1, 0.15) is 18.4 Å². The van der Waals surface area contributed by atoms with Crippen molar-refractivity contribution in [3.05, 3.63) is 35.9 Å². The zero-order chi connectivity index (χ0) is 11.0. The van der Waals surface area contributed by atoms with Gasteiger partial charge in [0.25, 0.3) is 0 Å². The topological polar surface area (TPSA) is 35.2 Å². The summed E-state index contributed by atoms with van der Waals surface area (Å²) in [5.41, 5.74) is 7.41. The van der Waals surface area contributed by atoms with Gasteiger partial charge in [0.1, 0.15) is 0 Å². The van der Waals surface area contributed by atoms with E-state index in [1.54, 1.807) is 0 Å². The predicted octanol–water partition coefficient (Wildman–Crippen LogP) is 1.98. The largest absolute Gasteiger partial charge is 0.377 e. The predicted molar refractivity (Wildman–Crippen MR) is 64.1 cm³/mol. The highest BCUT2D eigenvalue weighted by atomic mass is 16.5. The van der Waals surface area contributed by atoms with Crippen LogP contribution in [0.3, 0.4) is 0 Å². The summed E-state index contributed by atoms with van der Waals surface area (Å²) in [6.45, 7) is 0.926. The summed E-state index contributed by atoms with van der Waals surface area (Å²) in [5.74, 6) is 1.43. The Morgan fingerprint density at radius 1 is 1.19 bits per heavy atom. The fraction of sp³-hybridized carbons (Fsp3) is 0.571. The van der Waals surface area contributed by atoms with Crippen molar-refractivity contribution in [3.8, 4) is 0 Å². The van der Waals surface area contributed by atoms with Gasteiger partial charge in [-0.1, -0.05) is 30.3 Å². The van der Waals surface area contributed by atoms with Crippen LogP contribution >= 0.6 is 0 Å². The number of nitrogens with two attached hydrogens (primary N) is 1. The molecule has 1 aliphatic carbocycles. The summed E-state index contributed by atoms with van der Waals surface area (Å²) < 4.78 is 5.92. The van der Waals surface area contributed by atoms with Crippen molar-refractivity contribution in [3.63, 3.8) is 0 Å². The SMILES string of the molecule is NC1CC2COC(Cc3ccccc3)C2C1. The van der Waals surface area contributed by atoms with E-state index in [4.69, 9.17) is 10.5 Å². The van der Waals surface area contributed by atoms with E-state index in [0.29, 0.717) is 18.1 Å². The molecule has 4 unspecified atom stereocenters. The first-order chi connectivity index (χ1) is 7.83. The van der Waals surface area contributed by atoms with Gasteiger partial charge in [0, 0.05) is 6.04 Å². The summed E-state index contributed by atoms with van der Waals surface area (Å²) in [7, 11) is 0. The number of ether oxygens (including phenoxy) is 1. The standard InChI is InChI=1S/C14H19NO/c15-12-7-11-9-16-14(13(11)8-12)6-10-4-2-1-3-5-10/h1-5,11-14H,6-9,15H2. The molecule has 2 N–H and O–H groups in total. The molecular formula is C14H19NO. The van der Waals surface area contributed by atoms with E-state index < -0.39 is 0 Å². The molecule has 16 heavy (non-hydrogen) atoms. The fourth-order valence-corrected chi connectivity index (χ4v) is 3.28. The van der Waals surface area contributed by atoms with Crippen LogP contribution in [0.5, 0.6) is 0 Å². The minimum Gasteiger partial charge on any atom is -0.377 e. The first-order valence-electron chi connectivity index (χ1n) is 6.24. The van der Waals surface area contributed by atoms with Gasteiger partial charge in [-0.05, 0) is 36.7 Å². The van der Waals surface area contributed by atoms with Crippen molar-refractivity contribution in [2.45, 2.75) is 31.4 Å². The second kappa shape index (κ2) is 4.19. The molecule has 4 atom stereocenters. The maximum atomic E-state index is 6.03. The fourth-order valence-electron chi connectivity index (χ4n) is 3.28. The van der Waals surface area contributed by atoms with Gasteiger partial charge in [-0.25, -0.2) is 0 Å². The van der Waals surface area contributed by atoms with Gasteiger partial charge in [0.05, 0.1) is 12.7 Å². The van der Waals surface area contributed by atoms with Gasteiger partial charge >= 0.3 is 0 Å². The highest BCUT2D eigenvalue weighted by Gasteiger charge is 2.42. The Labute approximate surface area is 96.8 Å². The number of benzene rings is 1. The van der Waals surface area contributed by atoms with Gasteiger partial charge in [0.2, 0.25) is 0 Å². The first kappa shape index (κ1) is 10.3. The Morgan fingerprint density at radius 2 is 2.00 bits per heavy atom. The van der Waals surface area contributed by atoms with Crippen LogP contribution in [0.25, 0.3) is 0 Å². The van der Waals surface area contributed by atoms with E-state index in [1.807, 2.05) is 0 Å². The normalized spacial score (nSPS) is 37.6. The molecule has 1 saturated carbocycles. The van der Waals surface area contributed by atoms with Crippen LogP contribution in [0.15, 0.2) is 30.3 Å². The maximum absolute atomic E-state index is 6.03. The molecular weight excluding hydrogens is 198 g/mol. The van der Waals surface area contributed by atoms with Crippen molar-refractivity contribution >= 4 is 0 Å². The highest BCUT2D eigenvalue weighted by molar-refractivity contribution is 5.16. The van der Waals surface area contributed by atoms with Crippen LogP contribution in [0, 0.1) is 11.8 Å². The lowest BCUT2D eigenvalue weighted by Crippen LogP contribution is -2.22. The lowest BCUT2D eigenvalue weighted by molar-refractivity contribution is 0.0843. The van der Waals surface area contributed by atoms with Crippen LogP contribution in [0.4, 0.5) is 0 Å². The molecule has 86 valence electrons. The Kier molecular flexibility index (Phi) is 2.70. The third-order valence-electron chi connectivity index (χ3n) is 4.07. The molecule has 1 aromatic rings. The first-order valence-corrected chi connectivity index (χ1v) is 6.24. The van der Waals surface area contributed by atoms with E-state index in [-0.39, 0.29) is 0 Å². The molecule has 1 aliphatic heterocycles. The molecule has 0 aromatic heterocycles. The summed E-state index contributed by atoms with van der Waals surface area (Å²) in [5, 5.41) is 0. The molecule has 2 nitrogen and oxygen atoms in total. The zero-order valence-corrected chi connectivity index (χ0v) is 9.51. The molecule has 2 aliphatic rings. The Bertz CT molecular complexity index is 351. The van der Waals surface area contributed by atoms with E-state index in [9.17, 15) is 0 Å². The van der Waals surface area contributed by atoms with Crippen molar-refractivity contribution < 1.29 is 4.74 Å². The Morgan fingerprint density at radius 3 is 2.81 bits per heavy atom. The van der Waals surface area contributed by atoms with E-state index >= 15 is 0 Å². The minimum absolute atomic E-state index is 0.404. The van der Waals surface area contributed by atoms with Crippen LogP contribution in [0.2, 0.25) is 0 Å². The molecule has 0 spiro atoms. The summed E-state index contributed by atoms with van der Waals surface area (Å²) in [6, 6.07) is 11.0. The van der Waals surface area contributed by atoms with E-state index in [0.717, 1.165) is 31.8 Å². The number of hydrogen-bond donors (Lipinski definition) is 1. The molecule has 3 rings (SSSR count). The van der Waals surface area contributed by atoms with Gasteiger partial charge in [-0.3, -0.25) is 0 Å². The lowest BCUT2D eigenvalue weighted by atomic mass is 9.91. The average molecular weight is 217 g/mol. The average Bonchev–Trinajstić information content (AvgIpc) is 2.81. The van der Waals surface area contributed by atoms with Crippen molar-refractivity contribution in [2.24, 2.45) is 17.6 Å². The number of rotatable bonds is 2. The Balaban J connectivity index is 1.68. The van der Waals surface area contributed by atoms with Crippen LogP contribution in [-0.4, -0.2) is 18.8 Å². The molecule has 1 aromatic carbocycles. The molecule has 2 fully saturated rings. The summed E-state index contributed by atoms with van der Waals surface area (Å²) >= 11 is 0. The van der Waals surface area contributed by atoms with Gasteiger partial charge < -0.3 is 10.5 Å². The maximum Gasteiger partial charge on any atom is 0.0647 e. The summed E-state index contributed by atoms with van der Waals surface area (Å²) in [4.78, 5) is 0. The lowest BCUT2D eigenvalue weighted by Gasteiger charge is -2.17. The molecule has 0 bridgehead atoms. The second-order valence-electron chi connectivity index (χ2n) is 5.22. The molecule has 2 heteroatoms. The Hall–Kier alpha value is -0.860. The van der Waals surface area contributed by atoms with Gasteiger partial charge in [-0.15, -0.1) is 0 Å². The summed E-state index contributed by atoms with van der Waals surface area (Å²) in [6.07, 6.45) is 3.77. The van der Waals surface area contributed by atoms with Crippen molar-refractivity contribution in [1.29, 1.82) is 0 Å². The third kappa shape index (κ3) is 1.87. The third-order valence-corrected chi connectivity index (χ3v) is 4.07. The van der Waals surface area contributed by atoms with E-state index in [2.05, 4.69) is 30.3 Å². The van der Waals surface area contributed by atoms with Crippen molar-refractivity contribution in [1.82, 2.24) is 0 Å². The quantitative estimate of drug-likeness (QED) is 0.822. The van der Waals surface area contributed by atoms with Crippen LogP contribution < -0.4 is 5.73 Å². The van der Waals surface area contributed by atoms with Crippen LogP contribution in [-0.2, 0) is 11.2 Å².